The maximum absolute atomic E-state index is 6.37. The average Bonchev–Trinajstić information content (AvgIpc) is 2.34. The van der Waals surface area contributed by atoms with Crippen LogP contribution in [-0.2, 0) is 11.2 Å². The van der Waals surface area contributed by atoms with Gasteiger partial charge in [-0.3, -0.25) is 0 Å². The highest BCUT2D eigenvalue weighted by Crippen LogP contribution is 2.23. The highest BCUT2D eigenvalue weighted by Gasteiger charge is 2.35. The van der Waals surface area contributed by atoms with E-state index in [4.69, 9.17) is 20.9 Å². The molecule has 0 amide bonds. The summed E-state index contributed by atoms with van der Waals surface area (Å²) in [4.78, 5) is 0. The van der Waals surface area contributed by atoms with E-state index >= 15 is 0 Å². The highest BCUT2D eigenvalue weighted by molar-refractivity contribution is 5.28. The standard InChI is InChI=1S/C13H20N2O2/c1-16-11-4-2-10(3-5-11)8-13(15)6-7-17-9-12(13)14/h2-5,12H,6-9,14-15H2,1H3. The molecule has 1 fully saturated rings. The number of hydrogen-bond acceptors (Lipinski definition) is 4. The molecule has 0 aromatic heterocycles. The Morgan fingerprint density at radius 3 is 2.71 bits per heavy atom. The Morgan fingerprint density at radius 1 is 1.41 bits per heavy atom. The second kappa shape index (κ2) is 5.04. The van der Waals surface area contributed by atoms with Crippen LogP contribution >= 0.6 is 0 Å². The Labute approximate surface area is 102 Å². The molecule has 2 atom stereocenters. The van der Waals surface area contributed by atoms with Crippen molar-refractivity contribution in [2.24, 2.45) is 11.5 Å². The number of rotatable bonds is 3. The van der Waals surface area contributed by atoms with E-state index < -0.39 is 0 Å². The molecule has 0 spiro atoms. The van der Waals surface area contributed by atoms with Crippen LogP contribution in [0.1, 0.15) is 12.0 Å². The first kappa shape index (κ1) is 12.4. The first-order valence-corrected chi connectivity index (χ1v) is 5.89. The fourth-order valence-electron chi connectivity index (χ4n) is 2.17. The minimum absolute atomic E-state index is 0.0987. The number of benzene rings is 1. The van der Waals surface area contributed by atoms with Crippen molar-refractivity contribution in [3.63, 3.8) is 0 Å². The van der Waals surface area contributed by atoms with E-state index in [9.17, 15) is 0 Å². The summed E-state index contributed by atoms with van der Waals surface area (Å²) in [5.41, 5.74) is 13.2. The molecule has 4 heteroatoms. The first-order chi connectivity index (χ1) is 8.14. The Morgan fingerprint density at radius 2 is 2.12 bits per heavy atom. The lowest BCUT2D eigenvalue weighted by Gasteiger charge is -2.39. The van der Waals surface area contributed by atoms with Crippen molar-refractivity contribution in [1.82, 2.24) is 0 Å². The van der Waals surface area contributed by atoms with Crippen molar-refractivity contribution < 1.29 is 9.47 Å². The maximum Gasteiger partial charge on any atom is 0.118 e. The van der Waals surface area contributed by atoms with E-state index in [1.165, 1.54) is 5.56 Å². The topological polar surface area (TPSA) is 70.5 Å². The van der Waals surface area contributed by atoms with Gasteiger partial charge in [-0.15, -0.1) is 0 Å². The molecule has 4 nitrogen and oxygen atoms in total. The second-order valence-electron chi connectivity index (χ2n) is 4.69. The predicted molar refractivity (Wildman–Crippen MR) is 67.0 cm³/mol. The van der Waals surface area contributed by atoms with Gasteiger partial charge in [0.1, 0.15) is 5.75 Å². The lowest BCUT2D eigenvalue weighted by molar-refractivity contribution is 0.0354. The molecule has 17 heavy (non-hydrogen) atoms. The number of methoxy groups -OCH3 is 1. The summed E-state index contributed by atoms with van der Waals surface area (Å²) < 4.78 is 10.5. The third kappa shape index (κ3) is 2.77. The van der Waals surface area contributed by atoms with Gasteiger partial charge in [0.2, 0.25) is 0 Å². The number of hydrogen-bond donors (Lipinski definition) is 2. The summed E-state index contributed by atoms with van der Waals surface area (Å²) in [6.07, 6.45) is 1.59. The molecule has 2 unspecified atom stereocenters. The largest absolute Gasteiger partial charge is 0.497 e. The van der Waals surface area contributed by atoms with Crippen LogP contribution in [0.4, 0.5) is 0 Å². The van der Waals surface area contributed by atoms with Crippen LogP contribution in [0.25, 0.3) is 0 Å². The van der Waals surface area contributed by atoms with Crippen LogP contribution in [-0.4, -0.2) is 31.9 Å². The van der Waals surface area contributed by atoms with Crippen LogP contribution in [0.5, 0.6) is 5.75 Å². The van der Waals surface area contributed by atoms with Crippen LogP contribution in [0.15, 0.2) is 24.3 Å². The number of nitrogens with two attached hydrogens (primary N) is 2. The van der Waals surface area contributed by atoms with Crippen LogP contribution < -0.4 is 16.2 Å². The van der Waals surface area contributed by atoms with Gasteiger partial charge < -0.3 is 20.9 Å². The van der Waals surface area contributed by atoms with Gasteiger partial charge in [0, 0.05) is 18.2 Å². The third-order valence-electron chi connectivity index (χ3n) is 3.44. The summed E-state index contributed by atoms with van der Waals surface area (Å²) in [7, 11) is 1.66. The van der Waals surface area contributed by atoms with E-state index in [1.807, 2.05) is 24.3 Å². The fraction of sp³-hybridized carbons (Fsp3) is 0.538. The van der Waals surface area contributed by atoms with Crippen molar-refractivity contribution >= 4 is 0 Å². The molecule has 1 aliphatic heterocycles. The molecular formula is C13H20N2O2. The predicted octanol–water partition coefficient (Wildman–Crippen LogP) is 0.683. The Hall–Kier alpha value is -1.10. The lowest BCUT2D eigenvalue weighted by Crippen LogP contribution is -2.61. The van der Waals surface area contributed by atoms with E-state index in [2.05, 4.69) is 0 Å². The van der Waals surface area contributed by atoms with Gasteiger partial charge in [-0.1, -0.05) is 12.1 Å². The molecular weight excluding hydrogens is 216 g/mol. The first-order valence-electron chi connectivity index (χ1n) is 5.89. The molecule has 4 N–H and O–H groups in total. The molecule has 1 aliphatic rings. The lowest BCUT2D eigenvalue weighted by atomic mass is 9.81. The van der Waals surface area contributed by atoms with Gasteiger partial charge in [-0.2, -0.15) is 0 Å². The smallest absolute Gasteiger partial charge is 0.118 e. The van der Waals surface area contributed by atoms with Crippen molar-refractivity contribution in [2.45, 2.75) is 24.4 Å². The molecule has 1 aromatic carbocycles. The Balaban J connectivity index is 2.07. The van der Waals surface area contributed by atoms with E-state index in [0.29, 0.717) is 13.2 Å². The zero-order valence-corrected chi connectivity index (χ0v) is 10.2. The normalized spacial score (nSPS) is 29.0. The van der Waals surface area contributed by atoms with Gasteiger partial charge in [0.15, 0.2) is 0 Å². The highest BCUT2D eigenvalue weighted by atomic mass is 16.5. The summed E-state index contributed by atoms with van der Waals surface area (Å²) >= 11 is 0. The zero-order chi connectivity index (χ0) is 12.3. The maximum atomic E-state index is 6.37. The molecule has 0 radical (unpaired) electrons. The van der Waals surface area contributed by atoms with Gasteiger partial charge in [0.05, 0.1) is 13.7 Å². The minimum atomic E-state index is -0.354. The molecule has 0 bridgehead atoms. The van der Waals surface area contributed by atoms with E-state index in [-0.39, 0.29) is 11.6 Å². The summed E-state index contributed by atoms with van der Waals surface area (Å²) in [6, 6.07) is 7.87. The second-order valence-corrected chi connectivity index (χ2v) is 4.69. The zero-order valence-electron chi connectivity index (χ0n) is 10.2. The molecule has 1 aromatic rings. The summed E-state index contributed by atoms with van der Waals surface area (Å²) in [5, 5.41) is 0. The van der Waals surface area contributed by atoms with Crippen LogP contribution in [0.2, 0.25) is 0 Å². The molecule has 2 rings (SSSR count). The van der Waals surface area contributed by atoms with Crippen molar-refractivity contribution in [3.8, 4) is 5.75 Å². The molecule has 0 saturated carbocycles. The molecule has 94 valence electrons. The molecule has 1 saturated heterocycles. The fourth-order valence-corrected chi connectivity index (χ4v) is 2.17. The Kier molecular flexibility index (Phi) is 3.66. The summed E-state index contributed by atoms with van der Waals surface area (Å²) in [5.74, 6) is 0.857. The van der Waals surface area contributed by atoms with Gasteiger partial charge in [-0.25, -0.2) is 0 Å². The minimum Gasteiger partial charge on any atom is -0.497 e. The van der Waals surface area contributed by atoms with E-state index in [0.717, 1.165) is 18.6 Å². The van der Waals surface area contributed by atoms with Crippen molar-refractivity contribution in [3.05, 3.63) is 29.8 Å². The average molecular weight is 236 g/mol. The third-order valence-corrected chi connectivity index (χ3v) is 3.44. The van der Waals surface area contributed by atoms with Crippen molar-refractivity contribution in [2.75, 3.05) is 20.3 Å². The summed E-state index contributed by atoms with van der Waals surface area (Å²) in [6.45, 7) is 1.24. The van der Waals surface area contributed by atoms with Gasteiger partial charge in [0.25, 0.3) is 0 Å². The molecule has 0 aliphatic carbocycles. The quantitative estimate of drug-likeness (QED) is 0.809. The van der Waals surface area contributed by atoms with Crippen LogP contribution in [0, 0.1) is 0 Å². The van der Waals surface area contributed by atoms with Crippen molar-refractivity contribution in [1.29, 1.82) is 0 Å². The SMILES string of the molecule is COc1ccc(CC2(N)CCOCC2N)cc1. The van der Waals surface area contributed by atoms with Crippen LogP contribution in [0.3, 0.4) is 0 Å². The monoisotopic (exact) mass is 236 g/mol. The van der Waals surface area contributed by atoms with Gasteiger partial charge >= 0.3 is 0 Å². The Bertz CT molecular complexity index is 366. The number of ether oxygens (including phenoxy) is 2. The molecule has 1 heterocycles. The van der Waals surface area contributed by atoms with E-state index in [1.54, 1.807) is 7.11 Å². The van der Waals surface area contributed by atoms with Gasteiger partial charge in [-0.05, 0) is 30.5 Å².